The second-order valence-corrected chi connectivity index (χ2v) is 4.36. The molecule has 9 heteroatoms. The summed E-state index contributed by atoms with van der Waals surface area (Å²) in [5.41, 5.74) is -0.183. The molecular weight excluding hydrogens is 275 g/mol. The number of hydrogen-bond acceptors (Lipinski definition) is 5. The van der Waals surface area contributed by atoms with E-state index in [0.717, 1.165) is 12.1 Å². The van der Waals surface area contributed by atoms with Crippen LogP contribution in [0.4, 0.5) is 11.4 Å². The van der Waals surface area contributed by atoms with Gasteiger partial charge in [-0.25, -0.2) is 0 Å². The van der Waals surface area contributed by atoms with Gasteiger partial charge in [0.25, 0.3) is 15.8 Å². The van der Waals surface area contributed by atoms with E-state index in [1.807, 2.05) is 0 Å². The van der Waals surface area contributed by atoms with Crippen LogP contribution in [0.15, 0.2) is 23.1 Å². The van der Waals surface area contributed by atoms with Crippen LogP contribution in [-0.4, -0.2) is 75.8 Å². The number of nitro benzene ring substituents is 1. The van der Waals surface area contributed by atoms with E-state index in [1.165, 1.54) is 6.07 Å². The molecule has 0 fully saturated rings. The van der Waals surface area contributed by atoms with Gasteiger partial charge < -0.3 is 5.32 Å². The maximum Gasteiger partial charge on any atom is 0.294 e. The molecule has 0 spiro atoms. The number of nitro groups is 1. The molecule has 0 aliphatic heterocycles. The molecule has 1 aromatic carbocycles. The van der Waals surface area contributed by atoms with E-state index in [0.29, 0.717) is 6.54 Å². The van der Waals surface area contributed by atoms with Crippen LogP contribution in [0.25, 0.3) is 0 Å². The second-order valence-electron chi connectivity index (χ2n) is 2.94. The summed E-state index contributed by atoms with van der Waals surface area (Å²) in [4.78, 5) is 9.45. The number of nitrogens with zero attached hydrogens (tertiary/aromatic N) is 1. The number of rotatable bonds is 4. The average Bonchev–Trinajstić information content (AvgIpc) is 2.16. The molecule has 1 radical (unpaired) electrons. The minimum atomic E-state index is -4.42. The molecule has 0 unspecified atom stereocenters. The third-order valence-electron chi connectivity index (χ3n) is 1.83. The molecule has 0 bridgehead atoms. The fourth-order valence-electron chi connectivity index (χ4n) is 1.16. The van der Waals surface area contributed by atoms with Crippen LogP contribution in [0.5, 0.6) is 0 Å². The molecule has 0 aromatic heterocycles. The van der Waals surface area contributed by atoms with Crippen molar-refractivity contribution in [2.24, 2.45) is 0 Å². The van der Waals surface area contributed by atoms with Gasteiger partial charge in [0.1, 0.15) is 10.6 Å². The smallest absolute Gasteiger partial charge is 0.294 e. The van der Waals surface area contributed by atoms with Crippen molar-refractivity contribution in [3.8, 4) is 0 Å². The number of nitrogens with one attached hydrogen (secondary N) is 1. The summed E-state index contributed by atoms with van der Waals surface area (Å²) < 4.78 is 30.3. The summed E-state index contributed by atoms with van der Waals surface area (Å²) >= 11 is 0. The number of hydrogen-bond donors (Lipinski definition) is 2. The first kappa shape index (κ1) is 17.0. The molecule has 1 aromatic rings. The van der Waals surface area contributed by atoms with Crippen molar-refractivity contribution < 1.29 is 17.9 Å². The Bertz CT molecular complexity index is 517. The maximum absolute atomic E-state index is 10.8. The van der Waals surface area contributed by atoms with E-state index < -0.39 is 25.6 Å². The summed E-state index contributed by atoms with van der Waals surface area (Å²) in [6, 6.07) is 3.15. The predicted molar refractivity (Wildman–Crippen MR) is 62.8 cm³/mol. The van der Waals surface area contributed by atoms with E-state index in [2.05, 4.69) is 5.32 Å². The van der Waals surface area contributed by atoms with Crippen LogP contribution >= 0.6 is 0 Å². The third-order valence-corrected chi connectivity index (χ3v) is 2.68. The van der Waals surface area contributed by atoms with Crippen molar-refractivity contribution in [2.45, 2.75) is 11.8 Å². The Morgan fingerprint density at radius 1 is 1.47 bits per heavy atom. The Hall–Kier alpha value is -0.0336. The first-order chi connectivity index (χ1) is 7.36. The number of benzene rings is 1. The SMILES string of the molecule is CCNc1ccc(S(=O)(=O)O)cc1[N+](=O)[O-].[K]. The Balaban J connectivity index is 0.00000256. The molecule has 0 amide bonds. The average molecular weight is 285 g/mol. The van der Waals surface area contributed by atoms with E-state index in [-0.39, 0.29) is 57.1 Å². The van der Waals surface area contributed by atoms with Crippen molar-refractivity contribution in [3.63, 3.8) is 0 Å². The van der Waals surface area contributed by atoms with Gasteiger partial charge in [-0.2, -0.15) is 8.42 Å². The van der Waals surface area contributed by atoms with Crippen LogP contribution in [-0.2, 0) is 10.1 Å². The Morgan fingerprint density at radius 2 is 2.06 bits per heavy atom. The molecular formula is C8H10KN2O5S. The van der Waals surface area contributed by atoms with Crippen LogP contribution in [0.1, 0.15) is 6.92 Å². The molecule has 0 heterocycles. The topological polar surface area (TPSA) is 110 Å². The number of anilines is 1. The van der Waals surface area contributed by atoms with Crippen LogP contribution < -0.4 is 5.32 Å². The summed E-state index contributed by atoms with van der Waals surface area (Å²) in [5.74, 6) is 0. The molecule has 89 valence electrons. The molecule has 0 saturated heterocycles. The minimum Gasteiger partial charge on any atom is -0.380 e. The quantitative estimate of drug-likeness (QED) is 0.368. The molecule has 0 atom stereocenters. The summed E-state index contributed by atoms with van der Waals surface area (Å²) in [7, 11) is -4.42. The first-order valence-electron chi connectivity index (χ1n) is 4.36. The van der Waals surface area contributed by atoms with Crippen molar-refractivity contribution in [3.05, 3.63) is 28.3 Å². The van der Waals surface area contributed by atoms with Gasteiger partial charge in [-0.15, -0.1) is 0 Å². The standard InChI is InChI=1S/C8H10N2O5S.K/c1-2-9-7-4-3-6(16(13,14)15)5-8(7)10(11)12;/h3-5,9H,2H2,1H3,(H,13,14,15);. The molecule has 0 saturated carbocycles. The second kappa shape index (κ2) is 6.78. The van der Waals surface area contributed by atoms with Gasteiger partial charge in [0.05, 0.1) is 4.92 Å². The Kier molecular flexibility index (Phi) is 6.77. The van der Waals surface area contributed by atoms with Gasteiger partial charge in [0, 0.05) is 64.0 Å². The van der Waals surface area contributed by atoms with Gasteiger partial charge in [0.2, 0.25) is 0 Å². The molecule has 2 N–H and O–H groups in total. The van der Waals surface area contributed by atoms with Crippen LogP contribution in [0, 0.1) is 10.1 Å². The minimum absolute atomic E-state index is 0. The third kappa shape index (κ3) is 4.62. The Morgan fingerprint density at radius 3 is 2.47 bits per heavy atom. The summed E-state index contributed by atoms with van der Waals surface area (Å²) in [6.45, 7) is 2.21. The van der Waals surface area contributed by atoms with Crippen molar-refractivity contribution in [1.29, 1.82) is 0 Å². The predicted octanol–water partition coefficient (Wildman–Crippen LogP) is 0.892. The van der Waals surface area contributed by atoms with Crippen molar-refractivity contribution in [2.75, 3.05) is 11.9 Å². The van der Waals surface area contributed by atoms with Crippen molar-refractivity contribution in [1.82, 2.24) is 0 Å². The molecule has 1 rings (SSSR count). The van der Waals surface area contributed by atoms with Gasteiger partial charge >= 0.3 is 0 Å². The Labute approximate surface area is 141 Å². The molecule has 17 heavy (non-hydrogen) atoms. The van der Waals surface area contributed by atoms with Gasteiger partial charge in [-0.3, -0.25) is 14.7 Å². The fraction of sp³-hybridized carbons (Fsp3) is 0.250. The molecule has 0 aliphatic carbocycles. The maximum atomic E-state index is 10.8. The van der Waals surface area contributed by atoms with Crippen LogP contribution in [0.3, 0.4) is 0 Å². The van der Waals surface area contributed by atoms with Crippen LogP contribution in [0.2, 0.25) is 0 Å². The normalized spacial score (nSPS) is 10.5. The van der Waals surface area contributed by atoms with Crippen molar-refractivity contribution >= 4 is 72.9 Å². The van der Waals surface area contributed by atoms with E-state index in [4.69, 9.17) is 4.55 Å². The largest absolute Gasteiger partial charge is 0.380 e. The van der Waals surface area contributed by atoms with Gasteiger partial charge in [-0.05, 0) is 19.1 Å². The summed E-state index contributed by atoms with van der Waals surface area (Å²) in [6.07, 6.45) is 0. The molecule has 7 nitrogen and oxygen atoms in total. The first-order valence-corrected chi connectivity index (χ1v) is 5.80. The van der Waals surface area contributed by atoms with E-state index in [1.54, 1.807) is 6.92 Å². The fourth-order valence-corrected chi connectivity index (χ4v) is 1.66. The zero-order chi connectivity index (χ0) is 12.3. The van der Waals surface area contributed by atoms with E-state index in [9.17, 15) is 18.5 Å². The van der Waals surface area contributed by atoms with E-state index >= 15 is 0 Å². The molecule has 0 aliphatic rings. The summed E-state index contributed by atoms with van der Waals surface area (Å²) in [5, 5.41) is 13.4. The van der Waals surface area contributed by atoms with Gasteiger partial charge in [-0.1, -0.05) is 0 Å². The van der Waals surface area contributed by atoms with Gasteiger partial charge in [0.15, 0.2) is 0 Å². The zero-order valence-electron chi connectivity index (χ0n) is 9.37. The zero-order valence-corrected chi connectivity index (χ0v) is 13.3. The monoisotopic (exact) mass is 285 g/mol.